The third-order valence-corrected chi connectivity index (χ3v) is 5.28. The number of hydrogen-bond acceptors (Lipinski definition) is 3. The molecule has 5 rings (SSSR count). The normalized spacial score (nSPS) is 10.8. The summed E-state index contributed by atoms with van der Waals surface area (Å²) in [6.45, 7) is 1.89. The molecule has 4 aromatic carbocycles. The van der Waals surface area contributed by atoms with Gasteiger partial charge in [-0.25, -0.2) is 4.79 Å². The van der Waals surface area contributed by atoms with Crippen LogP contribution in [0.25, 0.3) is 32.6 Å². The number of carboxylic acid groups (broad SMARTS) is 1. The smallest absolute Gasteiger partial charge is 0.336 e. The number of aromatic carboxylic acids is 1. The standard InChI is InChI=1S/C16H11NO.C9H11NO2/c18-11-7-5-10-6-8-13-12-3-1-2-4-15(12)17-16(13)14(10)9-11;1-2-6-7(9(11)12)4-3-5-8(6)10/h1-9,17-18H;3-5H,2,10H2,1H3,(H,11,12). The second-order valence-electron chi connectivity index (χ2n) is 7.10. The van der Waals surface area contributed by atoms with Gasteiger partial charge in [-0.15, -0.1) is 0 Å². The molecule has 0 aliphatic carbocycles. The van der Waals surface area contributed by atoms with E-state index in [2.05, 4.69) is 29.2 Å². The van der Waals surface area contributed by atoms with Crippen LogP contribution in [-0.2, 0) is 6.42 Å². The number of carboxylic acids is 1. The molecule has 1 heterocycles. The number of aromatic amines is 1. The van der Waals surface area contributed by atoms with Gasteiger partial charge >= 0.3 is 5.97 Å². The Balaban J connectivity index is 0.000000159. The molecule has 5 nitrogen and oxygen atoms in total. The van der Waals surface area contributed by atoms with Crippen LogP contribution in [0.5, 0.6) is 5.75 Å². The highest BCUT2D eigenvalue weighted by molar-refractivity contribution is 6.17. The SMILES string of the molecule is CCc1c(N)cccc1C(=O)O.Oc1ccc2ccc3c4ccccc4[nH]c3c2c1. The van der Waals surface area contributed by atoms with E-state index < -0.39 is 5.97 Å². The van der Waals surface area contributed by atoms with Crippen LogP contribution in [0.3, 0.4) is 0 Å². The molecule has 0 aliphatic heterocycles. The number of fused-ring (bicyclic) bond motifs is 5. The molecule has 0 fully saturated rings. The molecule has 5 heteroatoms. The maximum atomic E-state index is 10.7. The van der Waals surface area contributed by atoms with E-state index in [4.69, 9.17) is 10.8 Å². The first kappa shape index (κ1) is 19.3. The summed E-state index contributed by atoms with van der Waals surface area (Å²) in [7, 11) is 0. The van der Waals surface area contributed by atoms with E-state index in [-0.39, 0.29) is 0 Å². The summed E-state index contributed by atoms with van der Waals surface area (Å²) in [5.74, 6) is -0.618. The Morgan fingerprint density at radius 1 is 0.933 bits per heavy atom. The number of nitrogen functional groups attached to an aromatic ring is 1. The van der Waals surface area contributed by atoms with Crippen molar-refractivity contribution >= 4 is 44.2 Å². The average molecular weight is 398 g/mol. The highest BCUT2D eigenvalue weighted by Crippen LogP contribution is 2.32. The van der Waals surface area contributed by atoms with Gasteiger partial charge in [0, 0.05) is 27.4 Å². The van der Waals surface area contributed by atoms with Crippen molar-refractivity contribution in [2.75, 3.05) is 5.73 Å². The number of phenols is 1. The van der Waals surface area contributed by atoms with Crippen LogP contribution in [0.2, 0.25) is 0 Å². The number of rotatable bonds is 2. The first-order valence-electron chi connectivity index (χ1n) is 9.72. The number of H-pyrrole nitrogens is 1. The number of anilines is 1. The first-order chi connectivity index (χ1) is 14.5. The third-order valence-electron chi connectivity index (χ3n) is 5.28. The van der Waals surface area contributed by atoms with Crippen LogP contribution >= 0.6 is 0 Å². The minimum absolute atomic E-state index is 0.300. The number of hydrogen-bond donors (Lipinski definition) is 4. The van der Waals surface area contributed by atoms with E-state index in [1.165, 1.54) is 10.8 Å². The van der Waals surface area contributed by atoms with Crippen molar-refractivity contribution in [1.29, 1.82) is 0 Å². The van der Waals surface area contributed by atoms with Crippen molar-refractivity contribution in [1.82, 2.24) is 4.98 Å². The zero-order chi connectivity index (χ0) is 21.3. The van der Waals surface area contributed by atoms with E-state index >= 15 is 0 Å². The van der Waals surface area contributed by atoms with Gasteiger partial charge in [0.15, 0.2) is 0 Å². The molecule has 0 saturated heterocycles. The number of nitrogens with one attached hydrogen (secondary N) is 1. The Bertz CT molecular complexity index is 1390. The predicted molar refractivity (Wildman–Crippen MR) is 122 cm³/mol. The molecule has 0 saturated carbocycles. The van der Waals surface area contributed by atoms with Gasteiger partial charge in [0.25, 0.3) is 0 Å². The van der Waals surface area contributed by atoms with Gasteiger partial charge in [-0.1, -0.05) is 49.4 Å². The molecule has 0 atom stereocenters. The van der Waals surface area contributed by atoms with Gasteiger partial charge in [-0.05, 0) is 47.7 Å². The van der Waals surface area contributed by atoms with Gasteiger partial charge in [0.05, 0.1) is 11.1 Å². The van der Waals surface area contributed by atoms with Crippen LogP contribution in [0.15, 0.2) is 72.8 Å². The quantitative estimate of drug-likeness (QED) is 0.286. The lowest BCUT2D eigenvalue weighted by Gasteiger charge is -2.05. The molecular formula is C25H22N2O3. The molecule has 0 aliphatic rings. The van der Waals surface area contributed by atoms with Gasteiger partial charge < -0.3 is 20.9 Å². The highest BCUT2D eigenvalue weighted by Gasteiger charge is 2.10. The molecule has 0 radical (unpaired) electrons. The highest BCUT2D eigenvalue weighted by atomic mass is 16.4. The average Bonchev–Trinajstić information content (AvgIpc) is 3.13. The fourth-order valence-corrected chi connectivity index (χ4v) is 3.83. The molecule has 0 bridgehead atoms. The Morgan fingerprint density at radius 2 is 1.70 bits per heavy atom. The van der Waals surface area contributed by atoms with E-state index in [9.17, 15) is 9.90 Å². The van der Waals surface area contributed by atoms with Crippen molar-refractivity contribution in [3.8, 4) is 5.75 Å². The summed E-state index contributed by atoms with van der Waals surface area (Å²) in [6.07, 6.45) is 0.647. The molecule has 0 spiro atoms. The molecule has 0 unspecified atom stereocenters. The Kier molecular flexibility index (Phi) is 5.02. The van der Waals surface area contributed by atoms with Crippen LogP contribution in [0.4, 0.5) is 5.69 Å². The minimum Gasteiger partial charge on any atom is -0.508 e. The van der Waals surface area contributed by atoms with Crippen molar-refractivity contribution in [3.05, 3.63) is 83.9 Å². The second kappa shape index (κ2) is 7.79. The van der Waals surface area contributed by atoms with Crippen molar-refractivity contribution in [3.63, 3.8) is 0 Å². The summed E-state index contributed by atoms with van der Waals surface area (Å²) in [5.41, 5.74) is 9.39. The van der Waals surface area contributed by atoms with E-state index in [0.717, 1.165) is 21.8 Å². The molecule has 30 heavy (non-hydrogen) atoms. The second-order valence-corrected chi connectivity index (χ2v) is 7.10. The van der Waals surface area contributed by atoms with Gasteiger partial charge in [0.2, 0.25) is 0 Å². The van der Waals surface area contributed by atoms with E-state index in [1.807, 2.05) is 31.2 Å². The monoisotopic (exact) mass is 398 g/mol. The largest absolute Gasteiger partial charge is 0.508 e. The number of carbonyl (C=O) groups is 1. The molecule has 5 N–H and O–H groups in total. The molecule has 0 amide bonds. The van der Waals surface area contributed by atoms with E-state index in [1.54, 1.807) is 24.3 Å². The zero-order valence-corrected chi connectivity index (χ0v) is 16.5. The number of benzene rings is 4. The molecule has 5 aromatic rings. The number of aromatic nitrogens is 1. The Morgan fingerprint density at radius 3 is 2.43 bits per heavy atom. The predicted octanol–water partition coefficient (Wildman–Crippen LogP) is 5.71. The zero-order valence-electron chi connectivity index (χ0n) is 16.5. The lowest BCUT2D eigenvalue weighted by Crippen LogP contribution is -2.04. The Labute approximate surface area is 173 Å². The maximum absolute atomic E-state index is 10.7. The number of para-hydroxylation sites is 1. The molecular weight excluding hydrogens is 376 g/mol. The van der Waals surface area contributed by atoms with Crippen LogP contribution in [0, 0.1) is 0 Å². The topological polar surface area (TPSA) is 99.3 Å². The number of nitrogens with two attached hydrogens (primary N) is 1. The maximum Gasteiger partial charge on any atom is 0.336 e. The summed E-state index contributed by atoms with van der Waals surface area (Å²) in [5, 5.41) is 23.0. The van der Waals surface area contributed by atoms with Gasteiger partial charge in [0.1, 0.15) is 5.75 Å². The van der Waals surface area contributed by atoms with Crippen LogP contribution in [-0.4, -0.2) is 21.2 Å². The summed E-state index contributed by atoms with van der Waals surface area (Å²) >= 11 is 0. The number of aromatic hydroxyl groups is 1. The van der Waals surface area contributed by atoms with Crippen molar-refractivity contribution < 1.29 is 15.0 Å². The summed E-state index contributed by atoms with van der Waals surface area (Å²) in [4.78, 5) is 14.1. The van der Waals surface area contributed by atoms with Crippen molar-refractivity contribution in [2.45, 2.75) is 13.3 Å². The van der Waals surface area contributed by atoms with Gasteiger partial charge in [-0.3, -0.25) is 0 Å². The summed E-state index contributed by atoms with van der Waals surface area (Å²) in [6, 6.07) is 22.9. The third kappa shape index (κ3) is 3.42. The van der Waals surface area contributed by atoms with Crippen molar-refractivity contribution in [2.24, 2.45) is 0 Å². The van der Waals surface area contributed by atoms with Crippen LogP contribution in [0.1, 0.15) is 22.8 Å². The first-order valence-corrected chi connectivity index (χ1v) is 9.72. The van der Waals surface area contributed by atoms with E-state index in [0.29, 0.717) is 29.0 Å². The number of phenolic OH excluding ortho intramolecular Hbond substituents is 1. The molecule has 1 aromatic heterocycles. The fraction of sp³-hybridized carbons (Fsp3) is 0.0800. The van der Waals surface area contributed by atoms with Gasteiger partial charge in [-0.2, -0.15) is 0 Å². The lowest BCUT2D eigenvalue weighted by atomic mass is 10.0. The summed E-state index contributed by atoms with van der Waals surface area (Å²) < 4.78 is 0. The molecule has 150 valence electrons. The van der Waals surface area contributed by atoms with Crippen LogP contribution < -0.4 is 5.73 Å². The lowest BCUT2D eigenvalue weighted by molar-refractivity contribution is 0.0696. The minimum atomic E-state index is -0.917. The fourth-order valence-electron chi connectivity index (χ4n) is 3.83. The Hall–Kier alpha value is -3.99.